The Hall–Kier alpha value is -2.14. The van der Waals surface area contributed by atoms with Crippen molar-refractivity contribution >= 4 is 23.4 Å². The third-order valence-corrected chi connectivity index (χ3v) is 3.84. The number of ether oxygens (including phenoxy) is 2. The van der Waals surface area contributed by atoms with Gasteiger partial charge in [0, 0.05) is 10.6 Å². The average molecular weight is 317 g/mol. The predicted octanol–water partition coefficient (Wildman–Crippen LogP) is 3.82. The van der Waals surface area contributed by atoms with Gasteiger partial charge in [0.1, 0.15) is 11.5 Å². The van der Waals surface area contributed by atoms with Crippen LogP contribution in [0.3, 0.4) is 0 Å². The van der Waals surface area contributed by atoms with E-state index < -0.39 is 6.10 Å². The smallest absolute Gasteiger partial charge is 0.265 e. The fraction of sp³-hybridized carbons (Fsp3) is 0.235. The van der Waals surface area contributed by atoms with Gasteiger partial charge < -0.3 is 14.8 Å². The first-order valence-corrected chi connectivity index (χ1v) is 8.10. The number of methoxy groups -OCH3 is 1. The summed E-state index contributed by atoms with van der Waals surface area (Å²) in [5, 5.41) is 2.84. The zero-order valence-electron chi connectivity index (χ0n) is 12.8. The molecule has 2 aromatic rings. The maximum atomic E-state index is 12.1. The van der Waals surface area contributed by atoms with Crippen molar-refractivity contribution in [1.29, 1.82) is 0 Å². The Labute approximate surface area is 134 Å². The van der Waals surface area contributed by atoms with Crippen molar-refractivity contribution in [2.75, 3.05) is 18.7 Å². The van der Waals surface area contributed by atoms with Crippen LogP contribution >= 0.6 is 11.8 Å². The van der Waals surface area contributed by atoms with E-state index in [4.69, 9.17) is 9.47 Å². The molecule has 0 aliphatic carbocycles. The van der Waals surface area contributed by atoms with Crippen molar-refractivity contribution in [1.82, 2.24) is 0 Å². The Kier molecular flexibility index (Phi) is 5.72. The van der Waals surface area contributed by atoms with Crippen LogP contribution in [0.15, 0.2) is 53.4 Å². The monoisotopic (exact) mass is 317 g/mol. The van der Waals surface area contributed by atoms with E-state index in [1.165, 1.54) is 0 Å². The number of carbonyl (C=O) groups excluding carboxylic acids is 1. The van der Waals surface area contributed by atoms with Crippen molar-refractivity contribution in [3.8, 4) is 11.5 Å². The molecule has 5 heteroatoms. The Bertz CT molecular complexity index is 611. The van der Waals surface area contributed by atoms with Crippen LogP contribution in [0, 0.1) is 0 Å². The molecule has 2 aromatic carbocycles. The van der Waals surface area contributed by atoms with Gasteiger partial charge in [0.15, 0.2) is 6.10 Å². The summed E-state index contributed by atoms with van der Waals surface area (Å²) in [4.78, 5) is 13.3. The second kappa shape index (κ2) is 7.75. The summed E-state index contributed by atoms with van der Waals surface area (Å²) in [5.41, 5.74) is 0.757. The van der Waals surface area contributed by atoms with Crippen LogP contribution in [0.5, 0.6) is 11.5 Å². The van der Waals surface area contributed by atoms with E-state index in [1.54, 1.807) is 50.1 Å². The molecule has 0 saturated heterocycles. The van der Waals surface area contributed by atoms with E-state index in [0.717, 1.165) is 16.3 Å². The van der Waals surface area contributed by atoms with Gasteiger partial charge in [-0.2, -0.15) is 0 Å². The minimum atomic E-state index is -0.589. The standard InChI is InChI=1S/C17H19NO3S/c1-12(21-15-8-6-14(20-2)7-9-15)17(19)18-13-4-10-16(22-3)11-5-13/h4-12H,1-3H3,(H,18,19). The fourth-order valence-corrected chi connectivity index (χ4v) is 2.24. The molecule has 0 saturated carbocycles. The van der Waals surface area contributed by atoms with E-state index >= 15 is 0 Å². The highest BCUT2D eigenvalue weighted by atomic mass is 32.2. The zero-order valence-corrected chi connectivity index (χ0v) is 13.6. The molecule has 1 unspecified atom stereocenters. The van der Waals surface area contributed by atoms with Gasteiger partial charge in [-0.05, 0) is 61.7 Å². The van der Waals surface area contributed by atoms with Gasteiger partial charge in [-0.25, -0.2) is 0 Å². The van der Waals surface area contributed by atoms with E-state index in [0.29, 0.717) is 5.75 Å². The van der Waals surface area contributed by atoms with Gasteiger partial charge in [0.05, 0.1) is 7.11 Å². The number of nitrogens with one attached hydrogen (secondary N) is 1. The second-order valence-corrected chi connectivity index (χ2v) is 5.53. The number of amides is 1. The van der Waals surface area contributed by atoms with Crippen LogP contribution in [0.2, 0.25) is 0 Å². The highest BCUT2D eigenvalue weighted by Gasteiger charge is 2.14. The summed E-state index contributed by atoms with van der Waals surface area (Å²) < 4.78 is 10.7. The first-order chi connectivity index (χ1) is 10.6. The van der Waals surface area contributed by atoms with Crippen LogP contribution in [-0.4, -0.2) is 25.4 Å². The van der Waals surface area contributed by atoms with Gasteiger partial charge in [-0.1, -0.05) is 0 Å². The lowest BCUT2D eigenvalue weighted by Gasteiger charge is -2.15. The van der Waals surface area contributed by atoms with E-state index in [-0.39, 0.29) is 5.91 Å². The average Bonchev–Trinajstić information content (AvgIpc) is 2.56. The molecule has 22 heavy (non-hydrogen) atoms. The van der Waals surface area contributed by atoms with Gasteiger partial charge in [-0.15, -0.1) is 11.8 Å². The Morgan fingerprint density at radius 3 is 2.18 bits per heavy atom. The molecule has 0 spiro atoms. The number of benzene rings is 2. The summed E-state index contributed by atoms with van der Waals surface area (Å²) in [6, 6.07) is 14.8. The van der Waals surface area contributed by atoms with Crippen molar-refractivity contribution in [3.63, 3.8) is 0 Å². The van der Waals surface area contributed by atoms with Gasteiger partial charge in [-0.3, -0.25) is 4.79 Å². The number of rotatable bonds is 6. The molecular formula is C17H19NO3S. The topological polar surface area (TPSA) is 47.6 Å². The van der Waals surface area contributed by atoms with Crippen LogP contribution in [0.4, 0.5) is 5.69 Å². The summed E-state index contributed by atoms with van der Waals surface area (Å²) in [7, 11) is 1.61. The zero-order chi connectivity index (χ0) is 15.9. The fourth-order valence-electron chi connectivity index (χ4n) is 1.83. The SMILES string of the molecule is COc1ccc(OC(C)C(=O)Nc2ccc(SC)cc2)cc1. The van der Waals surface area contributed by atoms with Gasteiger partial charge >= 0.3 is 0 Å². The molecule has 0 fully saturated rings. The minimum Gasteiger partial charge on any atom is -0.497 e. The minimum absolute atomic E-state index is 0.187. The Morgan fingerprint density at radius 1 is 1.05 bits per heavy atom. The second-order valence-electron chi connectivity index (χ2n) is 4.65. The van der Waals surface area contributed by atoms with E-state index in [1.807, 2.05) is 30.5 Å². The highest BCUT2D eigenvalue weighted by molar-refractivity contribution is 7.98. The summed E-state index contributed by atoms with van der Waals surface area (Å²) in [6.45, 7) is 1.72. The lowest BCUT2D eigenvalue weighted by Crippen LogP contribution is -2.30. The van der Waals surface area contributed by atoms with Gasteiger partial charge in [0.2, 0.25) is 0 Å². The van der Waals surface area contributed by atoms with Crippen LogP contribution < -0.4 is 14.8 Å². The summed E-state index contributed by atoms with van der Waals surface area (Å²) in [5.74, 6) is 1.19. The number of hydrogen-bond acceptors (Lipinski definition) is 4. The van der Waals surface area contributed by atoms with Gasteiger partial charge in [0.25, 0.3) is 5.91 Å². The molecule has 0 aromatic heterocycles. The maximum Gasteiger partial charge on any atom is 0.265 e. The number of anilines is 1. The van der Waals surface area contributed by atoms with Crippen molar-refractivity contribution in [3.05, 3.63) is 48.5 Å². The molecule has 0 aliphatic rings. The van der Waals surface area contributed by atoms with Crippen LogP contribution in [0.1, 0.15) is 6.92 Å². The van der Waals surface area contributed by atoms with Crippen LogP contribution in [-0.2, 0) is 4.79 Å². The molecule has 0 radical (unpaired) electrons. The van der Waals surface area contributed by atoms with E-state index in [9.17, 15) is 4.79 Å². The molecule has 0 bridgehead atoms. The molecule has 0 aliphatic heterocycles. The Morgan fingerprint density at radius 2 is 1.64 bits per heavy atom. The predicted molar refractivity (Wildman–Crippen MR) is 89.9 cm³/mol. The van der Waals surface area contributed by atoms with Crippen molar-refractivity contribution in [2.24, 2.45) is 0 Å². The summed E-state index contributed by atoms with van der Waals surface area (Å²) >= 11 is 1.66. The molecule has 4 nitrogen and oxygen atoms in total. The molecular weight excluding hydrogens is 298 g/mol. The molecule has 2 rings (SSSR count). The number of carbonyl (C=O) groups is 1. The molecule has 1 amide bonds. The first kappa shape index (κ1) is 16.2. The van der Waals surface area contributed by atoms with Crippen LogP contribution in [0.25, 0.3) is 0 Å². The molecule has 0 heterocycles. The normalized spacial score (nSPS) is 11.6. The lowest BCUT2D eigenvalue weighted by atomic mass is 10.3. The molecule has 1 atom stereocenters. The quantitative estimate of drug-likeness (QED) is 0.823. The third kappa shape index (κ3) is 4.43. The number of hydrogen-bond donors (Lipinski definition) is 1. The van der Waals surface area contributed by atoms with Crippen molar-refractivity contribution in [2.45, 2.75) is 17.9 Å². The summed E-state index contributed by atoms with van der Waals surface area (Å²) in [6.07, 6.45) is 1.42. The number of thioether (sulfide) groups is 1. The third-order valence-electron chi connectivity index (χ3n) is 3.10. The van der Waals surface area contributed by atoms with Crippen molar-refractivity contribution < 1.29 is 14.3 Å². The van der Waals surface area contributed by atoms with E-state index in [2.05, 4.69) is 5.32 Å². The Balaban J connectivity index is 1.92. The maximum absolute atomic E-state index is 12.1. The lowest BCUT2D eigenvalue weighted by molar-refractivity contribution is -0.122. The first-order valence-electron chi connectivity index (χ1n) is 6.88. The largest absolute Gasteiger partial charge is 0.497 e. The highest BCUT2D eigenvalue weighted by Crippen LogP contribution is 2.20. The molecule has 1 N–H and O–H groups in total. The molecule has 116 valence electrons.